The molecule has 4 heterocycles. The van der Waals surface area contributed by atoms with E-state index in [1.165, 1.54) is 0 Å². The number of anilines is 1. The smallest absolute Gasteiger partial charge is 0.313 e. The summed E-state index contributed by atoms with van der Waals surface area (Å²) >= 11 is 0. The number of aliphatic hydroxyl groups excluding tert-OH is 1. The standard InChI is InChI=1S/C28H34N2O6/c1-18-9-10-19(2)20(17-18)29-14-8-12-28-21(22-26(34)35-16-7-4-11-27(22,3)36-28)24(32)30(13-5-6-15-31)23(28)25(29)33/h4,8-12,17,21-23,31H,5-7,13-16H2,1-3H3/t21-,22+,23?,27-,28-/m0/s1. The number of nitrogens with zero attached hydrogens (tertiary/aromatic N) is 2. The van der Waals surface area contributed by atoms with Crippen molar-refractivity contribution in [1.29, 1.82) is 0 Å². The van der Waals surface area contributed by atoms with Crippen molar-refractivity contribution in [1.82, 2.24) is 4.90 Å². The van der Waals surface area contributed by atoms with Crippen LogP contribution in [0.4, 0.5) is 5.69 Å². The molecule has 4 aliphatic heterocycles. The van der Waals surface area contributed by atoms with Crippen molar-refractivity contribution in [2.45, 2.75) is 57.3 Å². The van der Waals surface area contributed by atoms with Crippen molar-refractivity contribution in [3.05, 3.63) is 53.6 Å². The molecule has 2 amide bonds. The molecule has 0 bridgehead atoms. The van der Waals surface area contributed by atoms with Gasteiger partial charge in [0, 0.05) is 25.4 Å². The van der Waals surface area contributed by atoms with Crippen LogP contribution in [0.2, 0.25) is 0 Å². The lowest BCUT2D eigenvalue weighted by Gasteiger charge is -2.38. The van der Waals surface area contributed by atoms with Crippen molar-refractivity contribution in [3.63, 3.8) is 0 Å². The first-order valence-electron chi connectivity index (χ1n) is 12.8. The Morgan fingerprint density at radius 1 is 1.06 bits per heavy atom. The molecule has 8 nitrogen and oxygen atoms in total. The Hall–Kier alpha value is -2.97. The summed E-state index contributed by atoms with van der Waals surface area (Å²) in [5.74, 6) is -2.72. The summed E-state index contributed by atoms with van der Waals surface area (Å²) < 4.78 is 12.2. The number of carbonyl (C=O) groups is 3. The minimum Gasteiger partial charge on any atom is -0.465 e. The van der Waals surface area contributed by atoms with Gasteiger partial charge in [0.25, 0.3) is 5.91 Å². The molecule has 0 saturated carbocycles. The molecule has 0 aliphatic carbocycles. The van der Waals surface area contributed by atoms with Gasteiger partial charge in [0.2, 0.25) is 5.91 Å². The van der Waals surface area contributed by atoms with E-state index in [0.717, 1.165) is 16.8 Å². The Morgan fingerprint density at radius 2 is 1.86 bits per heavy atom. The fraction of sp³-hybridized carbons (Fsp3) is 0.536. The molecule has 1 unspecified atom stereocenters. The quantitative estimate of drug-likeness (QED) is 0.384. The van der Waals surface area contributed by atoms with Crippen LogP contribution in [0, 0.1) is 25.7 Å². The zero-order valence-corrected chi connectivity index (χ0v) is 21.1. The summed E-state index contributed by atoms with van der Waals surface area (Å²) in [7, 11) is 0. The largest absolute Gasteiger partial charge is 0.465 e. The van der Waals surface area contributed by atoms with Crippen LogP contribution < -0.4 is 4.90 Å². The second-order valence-corrected chi connectivity index (χ2v) is 10.5. The number of cyclic esters (lactones) is 1. The number of hydrogen-bond donors (Lipinski definition) is 1. The van der Waals surface area contributed by atoms with Gasteiger partial charge in [-0.15, -0.1) is 0 Å². The molecule has 1 aromatic rings. The molecule has 192 valence electrons. The van der Waals surface area contributed by atoms with Gasteiger partial charge in [-0.1, -0.05) is 36.4 Å². The van der Waals surface area contributed by atoms with E-state index >= 15 is 0 Å². The van der Waals surface area contributed by atoms with Gasteiger partial charge in [0.1, 0.15) is 17.6 Å². The van der Waals surface area contributed by atoms with E-state index in [1.54, 1.807) is 16.7 Å². The summed E-state index contributed by atoms with van der Waals surface area (Å²) in [6, 6.07) is 5.04. The fourth-order valence-corrected chi connectivity index (χ4v) is 6.35. The van der Waals surface area contributed by atoms with Crippen molar-refractivity contribution in [2.75, 3.05) is 31.2 Å². The van der Waals surface area contributed by atoms with Gasteiger partial charge in [-0.05, 0) is 57.2 Å². The highest BCUT2D eigenvalue weighted by Gasteiger charge is 2.74. The number of carbonyl (C=O) groups excluding carboxylic acids is 3. The highest BCUT2D eigenvalue weighted by Crippen LogP contribution is 2.57. The number of hydrogen-bond acceptors (Lipinski definition) is 6. The number of unbranched alkanes of at least 4 members (excludes halogenated alkanes) is 1. The Labute approximate surface area is 211 Å². The topological polar surface area (TPSA) is 96.4 Å². The SMILES string of the molecule is Cc1ccc(C)c(N2CC=C[C@]34O[C@@]5(C)C=CCCOC(=O)[C@H]5[C@H]3C(=O)N(CCCCO)C4C2=O)c1. The molecular weight excluding hydrogens is 460 g/mol. The number of esters is 1. The maximum absolute atomic E-state index is 14.4. The highest BCUT2D eigenvalue weighted by molar-refractivity contribution is 6.06. The minimum atomic E-state index is -1.30. The molecule has 1 N–H and O–H groups in total. The van der Waals surface area contributed by atoms with Gasteiger partial charge >= 0.3 is 5.97 Å². The maximum atomic E-state index is 14.4. The van der Waals surface area contributed by atoms with E-state index in [4.69, 9.17) is 9.47 Å². The zero-order chi connectivity index (χ0) is 25.7. The molecular formula is C28H34N2O6. The Bertz CT molecular complexity index is 1140. The maximum Gasteiger partial charge on any atom is 0.313 e. The van der Waals surface area contributed by atoms with Gasteiger partial charge in [-0.3, -0.25) is 14.4 Å². The number of aryl methyl sites for hydroxylation is 2. The van der Waals surface area contributed by atoms with Gasteiger partial charge in [0.15, 0.2) is 0 Å². The molecule has 2 saturated heterocycles. The normalized spacial score (nSPS) is 33.6. The van der Waals surface area contributed by atoms with Crippen LogP contribution >= 0.6 is 0 Å². The monoisotopic (exact) mass is 494 g/mol. The van der Waals surface area contributed by atoms with Crippen molar-refractivity contribution >= 4 is 23.5 Å². The van der Waals surface area contributed by atoms with Crippen LogP contribution in [0.5, 0.6) is 0 Å². The molecule has 5 rings (SSSR count). The molecule has 1 spiro atoms. The first-order valence-corrected chi connectivity index (χ1v) is 12.8. The number of benzene rings is 1. The zero-order valence-electron chi connectivity index (χ0n) is 21.1. The van der Waals surface area contributed by atoms with Crippen LogP contribution in [0.3, 0.4) is 0 Å². The van der Waals surface area contributed by atoms with E-state index in [2.05, 4.69) is 0 Å². The Morgan fingerprint density at radius 3 is 2.64 bits per heavy atom. The summed E-state index contributed by atoms with van der Waals surface area (Å²) in [5.41, 5.74) is 0.405. The summed E-state index contributed by atoms with van der Waals surface area (Å²) in [5, 5.41) is 9.34. The van der Waals surface area contributed by atoms with Crippen LogP contribution in [-0.4, -0.2) is 71.3 Å². The number of rotatable bonds is 5. The van der Waals surface area contributed by atoms with Gasteiger partial charge < -0.3 is 24.4 Å². The molecule has 0 aromatic heterocycles. The third kappa shape index (κ3) is 3.69. The molecule has 0 radical (unpaired) electrons. The van der Waals surface area contributed by atoms with E-state index in [-0.39, 0.29) is 25.0 Å². The fourth-order valence-electron chi connectivity index (χ4n) is 6.35. The number of likely N-dealkylation sites (tertiary alicyclic amines) is 1. The minimum absolute atomic E-state index is 0.00194. The molecule has 36 heavy (non-hydrogen) atoms. The average Bonchev–Trinajstić information content (AvgIpc) is 3.14. The summed E-state index contributed by atoms with van der Waals surface area (Å²) in [4.78, 5) is 45.0. The second-order valence-electron chi connectivity index (χ2n) is 10.5. The van der Waals surface area contributed by atoms with Gasteiger partial charge in [-0.25, -0.2) is 0 Å². The lowest BCUT2D eigenvalue weighted by molar-refractivity contribution is -0.159. The molecule has 8 heteroatoms. The highest BCUT2D eigenvalue weighted by atomic mass is 16.6. The van der Waals surface area contributed by atoms with Crippen LogP contribution in [0.25, 0.3) is 0 Å². The van der Waals surface area contributed by atoms with E-state index < -0.39 is 35.0 Å². The predicted molar refractivity (Wildman–Crippen MR) is 133 cm³/mol. The average molecular weight is 495 g/mol. The Kier molecular flexibility index (Phi) is 6.29. The molecule has 4 aliphatic rings. The third-order valence-corrected chi connectivity index (χ3v) is 7.98. The van der Waals surface area contributed by atoms with Crippen LogP contribution in [0.15, 0.2) is 42.5 Å². The lowest BCUT2D eigenvalue weighted by Crippen LogP contribution is -2.56. The van der Waals surface area contributed by atoms with Crippen LogP contribution in [-0.2, 0) is 23.9 Å². The molecule has 2 fully saturated rings. The Balaban J connectivity index is 1.64. The number of ether oxygens (including phenoxy) is 2. The molecule has 1 aromatic carbocycles. The number of amides is 2. The van der Waals surface area contributed by atoms with Crippen molar-refractivity contribution in [2.24, 2.45) is 11.8 Å². The van der Waals surface area contributed by atoms with Crippen molar-refractivity contribution < 1.29 is 29.0 Å². The summed E-state index contributed by atoms with van der Waals surface area (Å²) in [6.07, 6.45) is 9.10. The number of fused-ring (bicyclic) bond motifs is 2. The first-order chi connectivity index (χ1) is 17.2. The lowest BCUT2D eigenvalue weighted by atomic mass is 9.74. The van der Waals surface area contributed by atoms with E-state index in [0.29, 0.717) is 32.4 Å². The molecule has 5 atom stereocenters. The van der Waals surface area contributed by atoms with Crippen LogP contribution in [0.1, 0.15) is 37.3 Å². The van der Waals surface area contributed by atoms with Crippen molar-refractivity contribution in [3.8, 4) is 0 Å². The van der Waals surface area contributed by atoms with E-state index in [1.807, 2.05) is 56.4 Å². The van der Waals surface area contributed by atoms with E-state index in [9.17, 15) is 19.5 Å². The van der Waals surface area contributed by atoms with Gasteiger partial charge in [-0.2, -0.15) is 0 Å². The number of aliphatic hydroxyl groups is 1. The van der Waals surface area contributed by atoms with Gasteiger partial charge in [0.05, 0.1) is 18.1 Å². The second kappa shape index (κ2) is 9.16. The third-order valence-electron chi connectivity index (χ3n) is 7.98. The predicted octanol–water partition coefficient (Wildman–Crippen LogP) is 2.45. The summed E-state index contributed by atoms with van der Waals surface area (Å²) in [6.45, 7) is 6.61. The first kappa shape index (κ1) is 24.7.